The lowest BCUT2D eigenvalue weighted by Gasteiger charge is -2.13. The maximum Gasteiger partial charge on any atom is 0.281 e. The minimum Gasteiger partial charge on any atom is -0.325 e. The molecule has 0 atom stereocenters. The Balaban J connectivity index is 1.60. The topological polar surface area (TPSA) is 76.9 Å². The van der Waals surface area contributed by atoms with Crippen molar-refractivity contribution < 1.29 is 4.79 Å². The normalized spacial score (nSPS) is 10.7. The molecule has 1 N–H and O–H groups in total. The van der Waals surface area contributed by atoms with Crippen molar-refractivity contribution in [3.05, 3.63) is 111 Å². The molecule has 4 rings (SSSR count). The van der Waals surface area contributed by atoms with Gasteiger partial charge in [0.25, 0.3) is 5.56 Å². The highest BCUT2D eigenvalue weighted by atomic mass is 35.5. The second-order valence-electron chi connectivity index (χ2n) is 7.05. The molecule has 0 aliphatic heterocycles. The minimum atomic E-state index is -0.295. The zero-order valence-electron chi connectivity index (χ0n) is 17.2. The second-order valence-corrected chi connectivity index (χ2v) is 8.87. The summed E-state index contributed by atoms with van der Waals surface area (Å²) in [7, 11) is 0. The molecular weight excluding hydrogens is 479 g/mol. The number of hydrogen-bond donors (Lipinski definition) is 1. The first kappa shape index (κ1) is 23.0. The largest absolute Gasteiger partial charge is 0.325 e. The lowest BCUT2D eigenvalue weighted by Crippen LogP contribution is -2.27. The molecule has 0 bridgehead atoms. The molecule has 0 aliphatic rings. The molecule has 1 aromatic heterocycles. The summed E-state index contributed by atoms with van der Waals surface area (Å²) in [6, 6.07) is 23.3. The van der Waals surface area contributed by atoms with Crippen molar-refractivity contribution in [1.82, 2.24) is 14.8 Å². The van der Waals surface area contributed by atoms with Gasteiger partial charge in [-0.3, -0.25) is 14.2 Å². The first-order valence-corrected chi connectivity index (χ1v) is 11.7. The van der Waals surface area contributed by atoms with Crippen molar-refractivity contribution in [3.8, 4) is 5.69 Å². The molecule has 166 valence electrons. The fourth-order valence-corrected chi connectivity index (χ4v) is 4.08. The van der Waals surface area contributed by atoms with Crippen LogP contribution in [0.1, 0.15) is 11.3 Å². The fourth-order valence-electron chi connectivity index (χ4n) is 3.08. The molecule has 0 saturated carbocycles. The van der Waals surface area contributed by atoms with E-state index in [9.17, 15) is 9.59 Å². The minimum absolute atomic E-state index is 0.0440. The van der Waals surface area contributed by atoms with Gasteiger partial charge in [0.2, 0.25) is 5.91 Å². The molecule has 1 heterocycles. The van der Waals surface area contributed by atoms with Crippen molar-refractivity contribution in [2.45, 2.75) is 11.6 Å². The summed E-state index contributed by atoms with van der Waals surface area (Å²) >= 11 is 13.0. The fraction of sp³-hybridized carbons (Fsp3) is 0.0833. The Morgan fingerprint density at radius 3 is 2.18 bits per heavy atom. The van der Waals surface area contributed by atoms with Crippen molar-refractivity contribution in [2.24, 2.45) is 0 Å². The van der Waals surface area contributed by atoms with E-state index in [2.05, 4.69) is 15.5 Å². The monoisotopic (exact) mass is 496 g/mol. The number of halogens is 2. The Morgan fingerprint density at radius 2 is 1.52 bits per heavy atom. The van der Waals surface area contributed by atoms with E-state index in [0.29, 0.717) is 38.7 Å². The van der Waals surface area contributed by atoms with Gasteiger partial charge in [0.05, 0.1) is 11.4 Å². The number of amides is 1. The van der Waals surface area contributed by atoms with Crippen molar-refractivity contribution >= 4 is 46.6 Å². The highest BCUT2D eigenvalue weighted by Crippen LogP contribution is 2.21. The van der Waals surface area contributed by atoms with Gasteiger partial charge in [-0.25, -0.2) is 0 Å². The van der Waals surface area contributed by atoms with E-state index in [1.54, 1.807) is 48.5 Å². The predicted octanol–water partition coefficient (Wildman–Crippen LogP) is 5.26. The lowest BCUT2D eigenvalue weighted by atomic mass is 10.1. The molecule has 0 fully saturated rings. The van der Waals surface area contributed by atoms with Crippen LogP contribution >= 0.6 is 35.0 Å². The number of nitrogens with one attached hydrogen (secondary N) is 1. The molecule has 0 saturated heterocycles. The van der Waals surface area contributed by atoms with Gasteiger partial charge in [-0.1, -0.05) is 65.3 Å². The van der Waals surface area contributed by atoms with Crippen LogP contribution in [0, 0.1) is 0 Å². The Labute approximate surface area is 204 Å². The average molecular weight is 497 g/mol. The average Bonchev–Trinajstić information content (AvgIpc) is 2.82. The number of nitrogens with zero attached hydrogens (tertiary/aromatic N) is 3. The number of thioether (sulfide) groups is 1. The summed E-state index contributed by atoms with van der Waals surface area (Å²) < 4.78 is 1.46. The molecule has 0 spiro atoms. The van der Waals surface area contributed by atoms with Crippen molar-refractivity contribution in [1.29, 1.82) is 0 Å². The highest BCUT2D eigenvalue weighted by Gasteiger charge is 2.16. The lowest BCUT2D eigenvalue weighted by molar-refractivity contribution is -0.113. The predicted molar refractivity (Wildman–Crippen MR) is 133 cm³/mol. The summed E-state index contributed by atoms with van der Waals surface area (Å²) in [5, 5.41) is 12.7. The molecule has 33 heavy (non-hydrogen) atoms. The smallest absolute Gasteiger partial charge is 0.281 e. The van der Waals surface area contributed by atoms with E-state index < -0.39 is 0 Å². The quantitative estimate of drug-likeness (QED) is 0.353. The third-order valence-electron chi connectivity index (χ3n) is 4.66. The van der Waals surface area contributed by atoms with Gasteiger partial charge in [-0.2, -0.15) is 0 Å². The van der Waals surface area contributed by atoms with Gasteiger partial charge < -0.3 is 5.32 Å². The van der Waals surface area contributed by atoms with Crippen LogP contribution in [0.2, 0.25) is 10.0 Å². The van der Waals surface area contributed by atoms with Crippen LogP contribution < -0.4 is 10.9 Å². The van der Waals surface area contributed by atoms with Gasteiger partial charge >= 0.3 is 0 Å². The number of carbonyl (C=O) groups excluding carboxylic acids is 1. The third kappa shape index (κ3) is 6.01. The summed E-state index contributed by atoms with van der Waals surface area (Å²) in [5.41, 5.74) is 2.19. The zero-order valence-corrected chi connectivity index (χ0v) is 19.6. The Morgan fingerprint density at radius 1 is 0.879 bits per heavy atom. The van der Waals surface area contributed by atoms with E-state index in [-0.39, 0.29) is 17.2 Å². The Kier molecular flexibility index (Phi) is 7.44. The van der Waals surface area contributed by atoms with E-state index in [1.165, 1.54) is 4.57 Å². The summed E-state index contributed by atoms with van der Waals surface area (Å²) in [4.78, 5) is 25.8. The summed E-state index contributed by atoms with van der Waals surface area (Å²) in [6.45, 7) is 0. The van der Waals surface area contributed by atoms with Crippen LogP contribution in [0.3, 0.4) is 0 Å². The van der Waals surface area contributed by atoms with Crippen LogP contribution in [0.15, 0.2) is 88.8 Å². The standard InChI is InChI=1S/C24H18Cl2N4O2S/c25-17-6-10-19(11-7-17)27-22(31)15-33-24-29-28-21(14-16-4-2-1-3-5-16)23(32)30(24)20-12-8-18(26)9-13-20/h1-13H,14-15H2,(H,27,31). The van der Waals surface area contributed by atoms with Crippen molar-refractivity contribution in [2.75, 3.05) is 11.1 Å². The van der Waals surface area contributed by atoms with Gasteiger partial charge in [0, 0.05) is 22.2 Å². The van der Waals surface area contributed by atoms with E-state index in [1.807, 2.05) is 30.3 Å². The zero-order chi connectivity index (χ0) is 23.2. The van der Waals surface area contributed by atoms with E-state index in [0.717, 1.165) is 17.3 Å². The molecule has 4 aromatic rings. The Hall–Kier alpha value is -3.13. The van der Waals surface area contributed by atoms with Crippen LogP contribution in [0.25, 0.3) is 5.69 Å². The van der Waals surface area contributed by atoms with E-state index in [4.69, 9.17) is 23.2 Å². The molecule has 1 amide bonds. The summed E-state index contributed by atoms with van der Waals surface area (Å²) in [6.07, 6.45) is 0.349. The third-order valence-corrected chi connectivity index (χ3v) is 6.09. The summed E-state index contributed by atoms with van der Waals surface area (Å²) in [5.74, 6) is -0.199. The van der Waals surface area contributed by atoms with Crippen LogP contribution in [-0.2, 0) is 11.2 Å². The SMILES string of the molecule is O=C(CSc1nnc(Cc2ccccc2)c(=O)n1-c1ccc(Cl)cc1)Nc1ccc(Cl)cc1. The molecule has 0 unspecified atom stereocenters. The maximum atomic E-state index is 13.3. The molecule has 9 heteroatoms. The van der Waals surface area contributed by atoms with Gasteiger partial charge in [0.1, 0.15) is 5.69 Å². The first-order valence-electron chi connectivity index (χ1n) is 9.96. The van der Waals surface area contributed by atoms with Crippen LogP contribution in [0.4, 0.5) is 5.69 Å². The number of carbonyl (C=O) groups is 1. The van der Waals surface area contributed by atoms with Gasteiger partial charge in [-0.05, 0) is 54.1 Å². The Bertz CT molecular complexity index is 1310. The number of aromatic nitrogens is 3. The molecule has 3 aromatic carbocycles. The number of anilines is 1. The number of rotatable bonds is 7. The molecular formula is C24H18Cl2N4O2S. The first-order chi connectivity index (χ1) is 16.0. The molecule has 6 nitrogen and oxygen atoms in total. The van der Waals surface area contributed by atoms with E-state index >= 15 is 0 Å². The number of benzene rings is 3. The second kappa shape index (κ2) is 10.7. The maximum absolute atomic E-state index is 13.3. The highest BCUT2D eigenvalue weighted by molar-refractivity contribution is 7.99. The van der Waals surface area contributed by atoms with Crippen molar-refractivity contribution in [3.63, 3.8) is 0 Å². The number of hydrogen-bond acceptors (Lipinski definition) is 5. The molecule has 0 radical (unpaired) electrons. The van der Waals surface area contributed by atoms with Gasteiger partial charge in [-0.15, -0.1) is 10.2 Å². The van der Waals surface area contributed by atoms with Gasteiger partial charge in [0.15, 0.2) is 5.16 Å². The molecule has 0 aliphatic carbocycles. The van der Waals surface area contributed by atoms with Crippen LogP contribution in [-0.4, -0.2) is 26.4 Å². The van der Waals surface area contributed by atoms with Crippen LogP contribution in [0.5, 0.6) is 0 Å².